The van der Waals surface area contributed by atoms with E-state index in [9.17, 15) is 0 Å². The average Bonchev–Trinajstić information content (AvgIpc) is 3.51. The van der Waals surface area contributed by atoms with E-state index < -0.39 is 0 Å². The number of pyridine rings is 1. The molecule has 162 valence electrons. The zero-order chi connectivity index (χ0) is 21.7. The van der Waals surface area contributed by atoms with Crippen LogP contribution in [0.25, 0.3) is 32.5 Å². The van der Waals surface area contributed by atoms with Crippen LogP contribution in [0, 0.1) is 12.8 Å². The van der Waals surface area contributed by atoms with E-state index in [1.807, 2.05) is 24.9 Å². The number of hydrogen-bond donors (Lipinski definition) is 0. The summed E-state index contributed by atoms with van der Waals surface area (Å²) in [6, 6.07) is 15.7. The quantitative estimate of drug-likeness (QED) is 0.375. The summed E-state index contributed by atoms with van der Waals surface area (Å²) in [5, 5.41) is 10.6. The number of aryl methyl sites for hydroxylation is 2. The van der Waals surface area contributed by atoms with Crippen LogP contribution in [0.5, 0.6) is 0 Å². The van der Waals surface area contributed by atoms with Gasteiger partial charge in [0.05, 0.1) is 33.2 Å². The fourth-order valence-corrected chi connectivity index (χ4v) is 6.10. The summed E-state index contributed by atoms with van der Waals surface area (Å²) in [5.74, 6) is 0.508. The van der Waals surface area contributed by atoms with Gasteiger partial charge in [0.2, 0.25) is 0 Å². The number of rotatable bonds is 4. The molecule has 0 radical (unpaired) electrons. The third-order valence-electron chi connectivity index (χ3n) is 6.65. The van der Waals surface area contributed by atoms with E-state index in [0.29, 0.717) is 5.92 Å². The van der Waals surface area contributed by atoms with Crippen LogP contribution in [0.15, 0.2) is 54.0 Å². The normalized spacial score (nSPS) is 16.2. The summed E-state index contributed by atoms with van der Waals surface area (Å²) in [7, 11) is 1.94. The summed E-state index contributed by atoms with van der Waals surface area (Å²) in [5.41, 5.74) is 7.82. The van der Waals surface area contributed by atoms with Crippen molar-refractivity contribution in [2.24, 2.45) is 13.0 Å². The fourth-order valence-electron chi connectivity index (χ4n) is 5.21. The van der Waals surface area contributed by atoms with Crippen molar-refractivity contribution in [1.29, 1.82) is 0 Å². The van der Waals surface area contributed by atoms with Gasteiger partial charge in [0.1, 0.15) is 5.52 Å². The number of benzene rings is 1. The van der Waals surface area contributed by atoms with Gasteiger partial charge in [-0.05, 0) is 48.8 Å². The lowest BCUT2D eigenvalue weighted by Crippen LogP contribution is -2.26. The largest absolute Gasteiger partial charge is 0.381 e. The second kappa shape index (κ2) is 7.83. The SMILES string of the molecule is Cc1nnn(C)c1-c1cnc2c3sccc3n(C(c3ccccc3)C3CCOCC3)c2c1. The molecule has 0 bridgehead atoms. The van der Waals surface area contributed by atoms with Crippen LogP contribution in [0.3, 0.4) is 0 Å². The van der Waals surface area contributed by atoms with Gasteiger partial charge in [0.15, 0.2) is 0 Å². The van der Waals surface area contributed by atoms with Crippen LogP contribution in [-0.2, 0) is 11.8 Å². The second-order valence-corrected chi connectivity index (χ2v) is 9.47. The third kappa shape index (κ3) is 3.07. The van der Waals surface area contributed by atoms with Gasteiger partial charge in [-0.3, -0.25) is 4.98 Å². The van der Waals surface area contributed by atoms with Crippen molar-refractivity contribution < 1.29 is 4.74 Å². The molecule has 1 fully saturated rings. The van der Waals surface area contributed by atoms with Crippen LogP contribution in [0.2, 0.25) is 0 Å². The van der Waals surface area contributed by atoms with Gasteiger partial charge in [0, 0.05) is 32.0 Å². The maximum Gasteiger partial charge on any atom is 0.106 e. The van der Waals surface area contributed by atoms with E-state index in [1.54, 1.807) is 11.3 Å². The molecule has 1 unspecified atom stereocenters. The Hall–Kier alpha value is -3.03. The number of nitrogens with zero attached hydrogens (tertiary/aromatic N) is 5. The first-order valence-corrected chi connectivity index (χ1v) is 12.0. The van der Waals surface area contributed by atoms with Crippen molar-refractivity contribution in [2.75, 3.05) is 13.2 Å². The molecule has 1 aliphatic heterocycles. The lowest BCUT2D eigenvalue weighted by Gasteiger charge is -2.33. The van der Waals surface area contributed by atoms with E-state index >= 15 is 0 Å². The molecule has 1 saturated heterocycles. The van der Waals surface area contributed by atoms with Crippen molar-refractivity contribution in [1.82, 2.24) is 24.5 Å². The number of hydrogen-bond acceptors (Lipinski definition) is 5. The third-order valence-corrected chi connectivity index (χ3v) is 7.56. The van der Waals surface area contributed by atoms with Crippen LogP contribution >= 0.6 is 11.3 Å². The first kappa shape index (κ1) is 19.6. The Kier molecular flexibility index (Phi) is 4.81. The summed E-state index contributed by atoms with van der Waals surface area (Å²) in [6.45, 7) is 3.64. The zero-order valence-corrected chi connectivity index (χ0v) is 19.0. The van der Waals surface area contributed by atoms with E-state index in [4.69, 9.17) is 9.72 Å². The molecule has 1 aliphatic rings. The van der Waals surface area contributed by atoms with E-state index in [-0.39, 0.29) is 6.04 Å². The van der Waals surface area contributed by atoms with Gasteiger partial charge in [-0.1, -0.05) is 35.5 Å². The van der Waals surface area contributed by atoms with Gasteiger partial charge in [0.25, 0.3) is 0 Å². The molecule has 4 aromatic heterocycles. The standard InChI is InChI=1S/C25H25N5OS/c1-16-23(29(2)28-27-16)19-14-21-22(26-15-19)25-20(10-13-32-25)30(21)24(17-6-4-3-5-7-17)18-8-11-31-12-9-18/h3-7,10,13-15,18,24H,8-9,11-12H2,1-2H3. The molecule has 6 rings (SSSR count). The molecule has 6 nitrogen and oxygen atoms in total. The Morgan fingerprint density at radius 3 is 2.66 bits per heavy atom. The predicted molar refractivity (Wildman–Crippen MR) is 128 cm³/mol. The molecule has 1 aromatic carbocycles. The van der Waals surface area contributed by atoms with Gasteiger partial charge in [-0.15, -0.1) is 16.4 Å². The highest BCUT2D eigenvalue weighted by atomic mass is 32.1. The van der Waals surface area contributed by atoms with Crippen LogP contribution in [-0.4, -0.2) is 37.8 Å². The Morgan fingerprint density at radius 2 is 1.91 bits per heavy atom. The van der Waals surface area contributed by atoms with Crippen molar-refractivity contribution in [3.63, 3.8) is 0 Å². The van der Waals surface area contributed by atoms with Gasteiger partial charge >= 0.3 is 0 Å². The van der Waals surface area contributed by atoms with E-state index in [2.05, 4.69) is 62.7 Å². The lowest BCUT2D eigenvalue weighted by molar-refractivity contribution is 0.0553. The Bertz CT molecular complexity index is 1370. The summed E-state index contributed by atoms with van der Waals surface area (Å²) in [4.78, 5) is 4.96. The summed E-state index contributed by atoms with van der Waals surface area (Å²) in [6.07, 6.45) is 4.08. The highest BCUT2D eigenvalue weighted by Crippen LogP contribution is 2.42. The molecule has 0 aliphatic carbocycles. The minimum absolute atomic E-state index is 0.234. The maximum absolute atomic E-state index is 5.72. The molecule has 7 heteroatoms. The highest BCUT2D eigenvalue weighted by molar-refractivity contribution is 7.18. The first-order chi connectivity index (χ1) is 15.7. The molecule has 0 N–H and O–H groups in total. The number of aromatic nitrogens is 5. The summed E-state index contributed by atoms with van der Waals surface area (Å²) >= 11 is 1.77. The molecule has 1 atom stereocenters. The van der Waals surface area contributed by atoms with Gasteiger partial charge < -0.3 is 9.30 Å². The van der Waals surface area contributed by atoms with Crippen molar-refractivity contribution >= 4 is 32.6 Å². The number of thiophene rings is 1. The minimum atomic E-state index is 0.234. The average molecular weight is 444 g/mol. The second-order valence-electron chi connectivity index (χ2n) is 8.55. The molecular formula is C25H25N5OS. The Balaban J connectivity index is 1.63. The first-order valence-electron chi connectivity index (χ1n) is 11.1. The van der Waals surface area contributed by atoms with Crippen molar-refractivity contribution in [2.45, 2.75) is 25.8 Å². The monoisotopic (exact) mass is 443 g/mol. The molecule has 0 amide bonds. The molecule has 32 heavy (non-hydrogen) atoms. The smallest absolute Gasteiger partial charge is 0.106 e. The molecular weight excluding hydrogens is 418 g/mol. The van der Waals surface area contributed by atoms with Gasteiger partial charge in [-0.25, -0.2) is 4.68 Å². The fraction of sp³-hybridized carbons (Fsp3) is 0.320. The topological polar surface area (TPSA) is 57.8 Å². The zero-order valence-electron chi connectivity index (χ0n) is 18.2. The van der Waals surface area contributed by atoms with E-state index in [1.165, 1.54) is 21.3 Å². The predicted octanol–water partition coefficient (Wildman–Crippen LogP) is 5.37. The van der Waals surface area contributed by atoms with Crippen LogP contribution < -0.4 is 0 Å². The molecule has 5 heterocycles. The lowest BCUT2D eigenvalue weighted by atomic mass is 9.86. The molecule has 5 aromatic rings. The van der Waals surface area contributed by atoms with Gasteiger partial charge in [-0.2, -0.15) is 0 Å². The number of fused-ring (bicyclic) bond motifs is 3. The molecule has 0 saturated carbocycles. The van der Waals surface area contributed by atoms with Crippen LogP contribution in [0.4, 0.5) is 0 Å². The van der Waals surface area contributed by atoms with Crippen LogP contribution in [0.1, 0.15) is 30.1 Å². The number of ether oxygens (including phenoxy) is 1. The van der Waals surface area contributed by atoms with E-state index in [0.717, 1.165) is 48.5 Å². The Morgan fingerprint density at radius 1 is 1.09 bits per heavy atom. The maximum atomic E-state index is 5.72. The summed E-state index contributed by atoms with van der Waals surface area (Å²) < 4.78 is 11.3. The highest BCUT2D eigenvalue weighted by Gasteiger charge is 2.30. The Labute approximate surface area is 190 Å². The minimum Gasteiger partial charge on any atom is -0.381 e. The molecule has 0 spiro atoms. The van der Waals surface area contributed by atoms with Crippen molar-refractivity contribution in [3.8, 4) is 11.3 Å². The van der Waals surface area contributed by atoms with Crippen molar-refractivity contribution in [3.05, 3.63) is 65.3 Å².